The van der Waals surface area contributed by atoms with E-state index in [0.717, 1.165) is 5.03 Å². The lowest BCUT2D eigenvalue weighted by Gasteiger charge is -2.20. The average molecular weight is 211 g/mol. The number of nitrogens with zero attached hydrogens (tertiary/aromatic N) is 2. The molecular weight excluding hydrogens is 202 g/mol. The van der Waals surface area contributed by atoms with E-state index in [2.05, 4.69) is 15.3 Å². The van der Waals surface area contributed by atoms with E-state index >= 15 is 0 Å². The van der Waals surface area contributed by atoms with E-state index in [4.69, 9.17) is 4.74 Å². The predicted molar refractivity (Wildman–Crippen MR) is 52.5 cm³/mol. The minimum absolute atomic E-state index is 0.0457. The number of carbonyl (C=O) groups excluding carboxylic acids is 1. The number of anilines is 1. The van der Waals surface area contributed by atoms with Crippen molar-refractivity contribution in [2.45, 2.75) is 17.2 Å². The number of fused-ring (bicyclic) bond motifs is 1. The second-order valence-corrected chi connectivity index (χ2v) is 4.14. The molecule has 1 unspecified atom stereocenters. The SMILES string of the molecule is COc1ncnc2c1NC(=O)C(C)S2. The molecule has 0 fully saturated rings. The van der Waals surface area contributed by atoms with Gasteiger partial charge in [-0.25, -0.2) is 4.98 Å². The summed E-state index contributed by atoms with van der Waals surface area (Å²) < 4.78 is 5.02. The Kier molecular flexibility index (Phi) is 2.28. The summed E-state index contributed by atoms with van der Waals surface area (Å²) in [4.78, 5) is 19.4. The average Bonchev–Trinajstić information content (AvgIpc) is 2.19. The third-order valence-electron chi connectivity index (χ3n) is 1.88. The summed E-state index contributed by atoms with van der Waals surface area (Å²) in [5, 5.41) is 3.35. The molecule has 1 amide bonds. The van der Waals surface area contributed by atoms with Gasteiger partial charge in [0.05, 0.1) is 12.4 Å². The fraction of sp³-hybridized carbons (Fsp3) is 0.375. The monoisotopic (exact) mass is 211 g/mol. The van der Waals surface area contributed by atoms with Crippen molar-refractivity contribution in [1.82, 2.24) is 9.97 Å². The Bertz CT molecular complexity index is 383. The number of aromatic nitrogens is 2. The molecule has 0 aliphatic carbocycles. The molecule has 0 saturated heterocycles. The van der Waals surface area contributed by atoms with Crippen LogP contribution >= 0.6 is 11.8 Å². The zero-order valence-electron chi connectivity index (χ0n) is 7.77. The quantitative estimate of drug-likeness (QED) is 0.700. The summed E-state index contributed by atoms with van der Waals surface area (Å²) in [7, 11) is 1.51. The first-order chi connectivity index (χ1) is 6.72. The van der Waals surface area contributed by atoms with E-state index in [1.807, 2.05) is 6.92 Å². The molecule has 1 atom stereocenters. The van der Waals surface area contributed by atoms with Crippen molar-refractivity contribution in [3.8, 4) is 5.88 Å². The second kappa shape index (κ2) is 3.45. The van der Waals surface area contributed by atoms with Crippen LogP contribution in [0.5, 0.6) is 5.88 Å². The molecule has 1 aliphatic heterocycles. The molecule has 74 valence electrons. The number of hydrogen-bond acceptors (Lipinski definition) is 5. The van der Waals surface area contributed by atoms with Gasteiger partial charge in [0.1, 0.15) is 17.0 Å². The molecule has 0 aromatic carbocycles. The van der Waals surface area contributed by atoms with Crippen LogP contribution in [0.3, 0.4) is 0 Å². The topological polar surface area (TPSA) is 64.1 Å². The molecular formula is C8H9N3O2S. The predicted octanol–water partition coefficient (Wildman–Crippen LogP) is 0.918. The lowest BCUT2D eigenvalue weighted by Crippen LogP contribution is -2.27. The van der Waals surface area contributed by atoms with Gasteiger partial charge in [-0.1, -0.05) is 11.8 Å². The number of carbonyl (C=O) groups is 1. The zero-order valence-corrected chi connectivity index (χ0v) is 8.59. The molecule has 0 radical (unpaired) electrons. The Morgan fingerprint density at radius 3 is 3.07 bits per heavy atom. The Hall–Kier alpha value is -1.30. The maximum absolute atomic E-state index is 11.4. The number of nitrogens with one attached hydrogen (secondary N) is 1. The molecule has 0 spiro atoms. The standard InChI is InChI=1S/C8H9N3O2S/c1-4-6(12)11-5-7(13-2)9-3-10-8(5)14-4/h3-4H,1-2H3,(H,11,12). The fourth-order valence-corrected chi connectivity index (χ4v) is 2.02. The minimum atomic E-state index is -0.123. The molecule has 0 saturated carbocycles. The Morgan fingerprint density at radius 2 is 2.36 bits per heavy atom. The molecule has 2 heterocycles. The summed E-state index contributed by atoms with van der Waals surface area (Å²) in [5.41, 5.74) is 0.572. The van der Waals surface area contributed by atoms with Gasteiger partial charge in [0.25, 0.3) is 0 Å². The van der Waals surface area contributed by atoms with Gasteiger partial charge in [0.15, 0.2) is 0 Å². The molecule has 6 heteroatoms. The maximum atomic E-state index is 11.4. The third-order valence-corrected chi connectivity index (χ3v) is 2.98. The molecule has 5 nitrogen and oxygen atoms in total. The van der Waals surface area contributed by atoms with Crippen molar-refractivity contribution in [3.05, 3.63) is 6.33 Å². The van der Waals surface area contributed by atoms with Gasteiger partial charge in [-0.05, 0) is 6.92 Å². The summed E-state index contributed by atoms with van der Waals surface area (Å²) in [6.07, 6.45) is 1.43. The van der Waals surface area contributed by atoms with E-state index in [9.17, 15) is 4.79 Å². The minimum Gasteiger partial charge on any atom is -0.479 e. The smallest absolute Gasteiger partial charge is 0.241 e. The van der Waals surface area contributed by atoms with Crippen LogP contribution in [0.25, 0.3) is 0 Å². The highest BCUT2D eigenvalue weighted by atomic mass is 32.2. The maximum Gasteiger partial charge on any atom is 0.241 e. The van der Waals surface area contributed by atoms with E-state index in [-0.39, 0.29) is 11.2 Å². The van der Waals surface area contributed by atoms with Crippen LogP contribution in [0.2, 0.25) is 0 Å². The Labute approximate surface area is 85.3 Å². The largest absolute Gasteiger partial charge is 0.479 e. The van der Waals surface area contributed by atoms with Gasteiger partial charge in [-0.2, -0.15) is 4.98 Å². The van der Waals surface area contributed by atoms with Gasteiger partial charge < -0.3 is 10.1 Å². The first-order valence-electron chi connectivity index (χ1n) is 4.09. The van der Waals surface area contributed by atoms with Crippen molar-refractivity contribution >= 4 is 23.4 Å². The van der Waals surface area contributed by atoms with Crippen LogP contribution in [0.15, 0.2) is 11.4 Å². The van der Waals surface area contributed by atoms with E-state index < -0.39 is 0 Å². The highest BCUT2D eigenvalue weighted by molar-refractivity contribution is 8.00. The first kappa shape index (κ1) is 9.26. The lowest BCUT2D eigenvalue weighted by molar-refractivity contribution is -0.115. The molecule has 1 aliphatic rings. The second-order valence-electron chi connectivity index (χ2n) is 2.81. The van der Waals surface area contributed by atoms with Crippen molar-refractivity contribution < 1.29 is 9.53 Å². The summed E-state index contributed by atoms with van der Waals surface area (Å²) in [6.45, 7) is 1.83. The van der Waals surface area contributed by atoms with E-state index in [1.165, 1.54) is 25.2 Å². The molecule has 2 rings (SSSR count). The Balaban J connectivity index is 2.46. The molecule has 1 aromatic heterocycles. The number of rotatable bonds is 1. The molecule has 14 heavy (non-hydrogen) atoms. The first-order valence-corrected chi connectivity index (χ1v) is 4.97. The third kappa shape index (κ3) is 1.41. The summed E-state index contributed by atoms with van der Waals surface area (Å²) >= 11 is 1.41. The number of amides is 1. The van der Waals surface area contributed by atoms with Gasteiger partial charge in [0.2, 0.25) is 11.8 Å². The van der Waals surface area contributed by atoms with Crippen molar-refractivity contribution in [2.75, 3.05) is 12.4 Å². The number of methoxy groups -OCH3 is 1. The zero-order chi connectivity index (χ0) is 10.1. The number of hydrogen-bond donors (Lipinski definition) is 1. The van der Waals surface area contributed by atoms with Crippen LogP contribution < -0.4 is 10.1 Å². The van der Waals surface area contributed by atoms with E-state index in [1.54, 1.807) is 0 Å². The van der Waals surface area contributed by atoms with E-state index in [0.29, 0.717) is 11.6 Å². The van der Waals surface area contributed by atoms with Crippen molar-refractivity contribution in [2.24, 2.45) is 0 Å². The van der Waals surface area contributed by atoms with Crippen LogP contribution in [-0.2, 0) is 4.79 Å². The highest BCUT2D eigenvalue weighted by Gasteiger charge is 2.27. The molecule has 0 bridgehead atoms. The Morgan fingerprint density at radius 1 is 1.57 bits per heavy atom. The van der Waals surface area contributed by atoms with Crippen LogP contribution in [0.4, 0.5) is 5.69 Å². The lowest BCUT2D eigenvalue weighted by atomic mass is 10.4. The van der Waals surface area contributed by atoms with Crippen LogP contribution in [-0.4, -0.2) is 28.2 Å². The van der Waals surface area contributed by atoms with Crippen LogP contribution in [0, 0.1) is 0 Å². The number of thioether (sulfide) groups is 1. The molecule has 1 aromatic rings. The van der Waals surface area contributed by atoms with Gasteiger partial charge >= 0.3 is 0 Å². The van der Waals surface area contributed by atoms with Crippen molar-refractivity contribution in [1.29, 1.82) is 0 Å². The highest BCUT2D eigenvalue weighted by Crippen LogP contribution is 2.37. The van der Waals surface area contributed by atoms with Crippen molar-refractivity contribution in [3.63, 3.8) is 0 Å². The molecule has 1 N–H and O–H groups in total. The van der Waals surface area contributed by atoms with Gasteiger partial charge in [0, 0.05) is 0 Å². The summed E-state index contributed by atoms with van der Waals surface area (Å²) in [5.74, 6) is 0.360. The normalized spacial score (nSPS) is 19.9. The number of ether oxygens (including phenoxy) is 1. The van der Waals surface area contributed by atoms with Gasteiger partial charge in [-0.15, -0.1) is 0 Å². The van der Waals surface area contributed by atoms with Crippen LogP contribution in [0.1, 0.15) is 6.92 Å². The fourth-order valence-electron chi connectivity index (χ4n) is 1.15. The van der Waals surface area contributed by atoms with Gasteiger partial charge in [-0.3, -0.25) is 4.79 Å². The summed E-state index contributed by atoms with van der Waals surface area (Å²) in [6, 6.07) is 0.